The smallest absolute Gasteiger partial charge is 0.337 e. The molecule has 65 heavy (non-hydrogen) atoms. The van der Waals surface area contributed by atoms with E-state index < -0.39 is 127 Å². The van der Waals surface area contributed by atoms with Gasteiger partial charge in [0, 0.05) is 24.2 Å². The number of nitrogens with two attached hydrogens (primary N) is 2. The molecular weight excluding hydrogens is 886 g/mol. The van der Waals surface area contributed by atoms with Crippen LogP contribution in [-0.4, -0.2) is 97.0 Å². The highest BCUT2D eigenvalue weighted by molar-refractivity contribution is 6.28. The van der Waals surface area contributed by atoms with Gasteiger partial charge in [0.05, 0.1) is 22.3 Å². The molecule has 0 aliphatic rings. The summed E-state index contributed by atoms with van der Waals surface area (Å²) in [6.07, 6.45) is 0. The first-order chi connectivity index (χ1) is 30.5. The van der Waals surface area contributed by atoms with Crippen LogP contribution >= 0.6 is 11.6 Å². The third kappa shape index (κ3) is 9.73. The van der Waals surface area contributed by atoms with Crippen LogP contribution in [-0.2, 0) is 6.54 Å². The van der Waals surface area contributed by atoms with Crippen molar-refractivity contribution >= 4 is 87.8 Å². The van der Waals surface area contributed by atoms with E-state index in [9.17, 15) is 69.0 Å². The molecule has 28 heteroatoms. The Morgan fingerprint density at radius 1 is 0.692 bits per heavy atom. The van der Waals surface area contributed by atoms with Gasteiger partial charge in [0.15, 0.2) is 11.4 Å². The van der Waals surface area contributed by atoms with Crippen molar-refractivity contribution in [2.24, 2.45) is 31.9 Å². The van der Waals surface area contributed by atoms with Crippen molar-refractivity contribution in [2.45, 2.75) is 20.4 Å². The standard InChI is InChI=1S/C37H30ClN13O14/c1-12-21(25(39)52)27(54)50(29(56)23(12)48-46-19-10-15(31(58)59)4-6-17(19)33(62)63)9-8-41-36-43-35(38)44-37(45-36)42-14(3)51-28(55)22(26(40)53)13(2)24(30(51)57)49-47-20-11-16(32(60)61)5-7-18(20)34(64)65/h4-7,10-11,54-55H,3,8-9H2,1-2H3,(H2,39,52)(H2,40,53)(H,58,59)(H,60,61)(H,62,63)(H,64,65)(H2,41,42,43,44,45). The molecule has 27 nitrogen and oxygen atoms in total. The average Bonchev–Trinajstić information content (AvgIpc) is 3.21. The fourth-order valence-corrected chi connectivity index (χ4v) is 6.02. The number of carbonyl (C=O) groups is 6. The highest BCUT2D eigenvalue weighted by Crippen LogP contribution is 2.32. The van der Waals surface area contributed by atoms with E-state index in [4.69, 9.17) is 23.1 Å². The zero-order valence-electron chi connectivity index (χ0n) is 33.1. The molecule has 0 bridgehead atoms. The van der Waals surface area contributed by atoms with E-state index in [2.05, 4.69) is 52.6 Å². The number of azo groups is 2. The third-order valence-electron chi connectivity index (χ3n) is 8.94. The lowest BCUT2D eigenvalue weighted by atomic mass is 10.1. The predicted octanol–water partition coefficient (Wildman–Crippen LogP) is 3.35. The van der Waals surface area contributed by atoms with Gasteiger partial charge in [-0.25, -0.2) is 23.7 Å². The molecule has 0 saturated carbocycles. The molecule has 0 radical (unpaired) electrons. The van der Waals surface area contributed by atoms with Crippen LogP contribution in [0.3, 0.4) is 0 Å². The van der Waals surface area contributed by atoms with Gasteiger partial charge in [0.25, 0.3) is 22.9 Å². The van der Waals surface area contributed by atoms with Crippen molar-refractivity contribution in [3.63, 3.8) is 0 Å². The molecule has 12 N–H and O–H groups in total. The van der Waals surface area contributed by atoms with Crippen molar-refractivity contribution in [2.75, 3.05) is 17.2 Å². The number of nitrogens with one attached hydrogen (secondary N) is 2. The van der Waals surface area contributed by atoms with E-state index in [1.165, 1.54) is 6.92 Å². The normalized spacial score (nSPS) is 11.1. The summed E-state index contributed by atoms with van der Waals surface area (Å²) in [7, 11) is 0. The number of carbonyl (C=O) groups excluding carboxylic acids is 2. The summed E-state index contributed by atoms with van der Waals surface area (Å²) in [5.41, 5.74) is 2.95. The molecule has 2 amide bonds. The SMILES string of the molecule is C=C(Nc1nc(Cl)nc(NCCn2c(O)c(C(N)=O)c(C)c(N=Nc3cc(C(=O)O)ccc3C(=O)O)c2=O)n1)n1c(O)c(C(N)=O)c(C)c(N=Nc2cc(C(=O)O)ccc2C(=O)O)c1=O. The average molecular weight is 916 g/mol. The second-order valence-electron chi connectivity index (χ2n) is 13.0. The molecule has 5 rings (SSSR count). The van der Waals surface area contributed by atoms with Crippen molar-refractivity contribution in [3.05, 3.63) is 113 Å². The minimum absolute atomic E-state index is 0.255. The number of benzene rings is 2. The maximum atomic E-state index is 13.8. The van der Waals surface area contributed by atoms with Gasteiger partial charge >= 0.3 is 23.9 Å². The summed E-state index contributed by atoms with van der Waals surface area (Å²) < 4.78 is 1.05. The quantitative estimate of drug-likeness (QED) is 0.0598. The Morgan fingerprint density at radius 2 is 1.15 bits per heavy atom. The lowest BCUT2D eigenvalue weighted by Crippen LogP contribution is -2.28. The number of rotatable bonds is 17. The number of nitrogens with zero attached hydrogens (tertiary/aromatic N) is 9. The molecule has 334 valence electrons. The first-order valence-electron chi connectivity index (χ1n) is 17.7. The molecule has 2 aromatic carbocycles. The van der Waals surface area contributed by atoms with Crippen LogP contribution in [0.15, 0.2) is 73.0 Å². The summed E-state index contributed by atoms with van der Waals surface area (Å²) in [4.78, 5) is 111. The van der Waals surface area contributed by atoms with E-state index in [0.29, 0.717) is 9.13 Å². The van der Waals surface area contributed by atoms with Crippen molar-refractivity contribution in [3.8, 4) is 11.8 Å². The number of pyridine rings is 2. The van der Waals surface area contributed by atoms with Gasteiger partial charge in [-0.2, -0.15) is 15.0 Å². The number of hydrogen-bond acceptors (Lipinski definition) is 19. The van der Waals surface area contributed by atoms with E-state index in [1.807, 2.05) is 0 Å². The number of aromatic carboxylic acids is 4. The minimum Gasteiger partial charge on any atom is -0.494 e. The topological polar surface area (TPSA) is 432 Å². The van der Waals surface area contributed by atoms with Gasteiger partial charge in [-0.1, -0.05) is 6.58 Å². The number of aromatic hydroxyl groups is 2. The zero-order valence-corrected chi connectivity index (χ0v) is 33.8. The number of anilines is 2. The zero-order chi connectivity index (χ0) is 48.2. The van der Waals surface area contributed by atoms with E-state index in [1.54, 1.807) is 0 Å². The van der Waals surface area contributed by atoms with Crippen LogP contribution in [0.4, 0.5) is 34.6 Å². The second-order valence-corrected chi connectivity index (χ2v) is 13.3. The summed E-state index contributed by atoms with van der Waals surface area (Å²) >= 11 is 6.11. The fraction of sp³-hybridized carbons (Fsp3) is 0.108. The minimum atomic E-state index is -1.52. The second kappa shape index (κ2) is 18.7. The highest BCUT2D eigenvalue weighted by Gasteiger charge is 2.26. The summed E-state index contributed by atoms with van der Waals surface area (Å²) in [6.45, 7) is 5.19. The number of halogens is 1. The molecule has 0 saturated heterocycles. The van der Waals surface area contributed by atoms with Gasteiger partial charge in [0.1, 0.15) is 28.3 Å². The van der Waals surface area contributed by atoms with Crippen LogP contribution in [0.5, 0.6) is 11.8 Å². The number of carboxylic acid groups (broad SMARTS) is 4. The van der Waals surface area contributed by atoms with Crippen LogP contribution < -0.4 is 33.2 Å². The molecule has 0 unspecified atom stereocenters. The summed E-state index contributed by atoms with van der Waals surface area (Å²) in [5, 5.41) is 79.5. The Morgan fingerprint density at radius 3 is 1.62 bits per heavy atom. The lowest BCUT2D eigenvalue weighted by Gasteiger charge is -2.17. The number of primary amides is 2. The Kier molecular flexibility index (Phi) is 13.4. The van der Waals surface area contributed by atoms with Crippen molar-refractivity contribution < 1.29 is 59.4 Å². The van der Waals surface area contributed by atoms with Gasteiger partial charge in [-0.15, -0.1) is 20.5 Å². The molecule has 5 aromatic rings. The molecule has 3 heterocycles. The van der Waals surface area contributed by atoms with E-state index in [-0.39, 0.29) is 34.7 Å². The number of aromatic nitrogens is 5. The Balaban J connectivity index is 1.46. The summed E-state index contributed by atoms with van der Waals surface area (Å²) in [6, 6.07) is 5.66. The molecular formula is C37H30ClN13O14. The largest absolute Gasteiger partial charge is 0.494 e. The van der Waals surface area contributed by atoms with E-state index in [0.717, 1.165) is 43.3 Å². The monoisotopic (exact) mass is 915 g/mol. The number of hydrogen-bond donors (Lipinski definition) is 10. The Bertz CT molecular complexity index is 3110. The Hall–Kier alpha value is -9.40. The molecule has 0 spiro atoms. The van der Waals surface area contributed by atoms with Crippen LogP contribution in [0, 0.1) is 13.8 Å². The maximum Gasteiger partial charge on any atom is 0.337 e. The lowest BCUT2D eigenvalue weighted by molar-refractivity contribution is 0.0682. The van der Waals surface area contributed by atoms with Crippen molar-refractivity contribution in [1.29, 1.82) is 0 Å². The first-order valence-corrected chi connectivity index (χ1v) is 18.1. The fourth-order valence-electron chi connectivity index (χ4n) is 5.86. The van der Waals surface area contributed by atoms with Gasteiger partial charge in [0.2, 0.25) is 28.9 Å². The molecule has 0 aliphatic carbocycles. The highest BCUT2D eigenvalue weighted by atomic mass is 35.5. The van der Waals surface area contributed by atoms with Crippen LogP contribution in [0.25, 0.3) is 5.82 Å². The van der Waals surface area contributed by atoms with Crippen LogP contribution in [0.2, 0.25) is 5.28 Å². The summed E-state index contributed by atoms with van der Waals surface area (Å²) in [5.74, 6) is -11.7. The van der Waals surface area contributed by atoms with Gasteiger partial charge in [-0.3, -0.25) is 23.7 Å². The van der Waals surface area contributed by atoms with Gasteiger partial charge in [-0.05, 0) is 61.8 Å². The third-order valence-corrected chi connectivity index (χ3v) is 9.11. The molecule has 0 fully saturated rings. The van der Waals surface area contributed by atoms with Gasteiger partial charge < -0.3 is 52.7 Å². The predicted molar refractivity (Wildman–Crippen MR) is 223 cm³/mol. The number of amides is 2. The maximum absolute atomic E-state index is 13.8. The first kappa shape index (κ1) is 46.7. The molecule has 0 aliphatic heterocycles. The molecule has 0 atom stereocenters. The van der Waals surface area contributed by atoms with Crippen LogP contribution in [0.1, 0.15) is 73.3 Å². The molecule has 3 aromatic heterocycles. The van der Waals surface area contributed by atoms with E-state index >= 15 is 0 Å². The van der Waals surface area contributed by atoms with Crippen molar-refractivity contribution in [1.82, 2.24) is 24.1 Å². The Labute approximate surface area is 365 Å². The number of carboxylic acids is 4.